The lowest BCUT2D eigenvalue weighted by atomic mass is 9.87. The van der Waals surface area contributed by atoms with Gasteiger partial charge in [-0.05, 0) is 6.42 Å². The van der Waals surface area contributed by atoms with E-state index in [0.717, 1.165) is 12.8 Å². The van der Waals surface area contributed by atoms with Crippen LogP contribution in [0, 0.1) is 5.92 Å². The molecule has 2 rings (SSSR count). The van der Waals surface area contributed by atoms with Gasteiger partial charge >= 0.3 is 0 Å². The van der Waals surface area contributed by atoms with E-state index in [2.05, 4.69) is 6.92 Å². The molecule has 13 heavy (non-hydrogen) atoms. The van der Waals surface area contributed by atoms with E-state index in [4.69, 9.17) is 9.47 Å². The number of rotatable bonds is 2. The Bertz CT molecular complexity index is 196. The first-order valence-electron chi connectivity index (χ1n) is 4.81. The van der Waals surface area contributed by atoms with Crippen LogP contribution < -0.4 is 0 Å². The van der Waals surface area contributed by atoms with Gasteiger partial charge in [-0.25, -0.2) is 0 Å². The third kappa shape index (κ3) is 1.38. The topological polar surface area (TPSA) is 58.9 Å². The first-order chi connectivity index (χ1) is 6.17. The van der Waals surface area contributed by atoms with Gasteiger partial charge in [-0.3, -0.25) is 0 Å². The van der Waals surface area contributed by atoms with E-state index in [1.807, 2.05) is 0 Å². The number of aliphatic hydroxyl groups excluding tert-OH is 1. The normalized spacial score (nSPS) is 49.6. The molecule has 0 unspecified atom stereocenters. The van der Waals surface area contributed by atoms with Gasteiger partial charge in [0, 0.05) is 0 Å². The van der Waals surface area contributed by atoms with Gasteiger partial charge in [0.1, 0.15) is 5.60 Å². The molecule has 4 atom stereocenters. The fraction of sp³-hybridized carbons (Fsp3) is 1.00. The third-order valence-electron chi connectivity index (χ3n) is 2.95. The predicted molar refractivity (Wildman–Crippen MR) is 45.0 cm³/mol. The summed E-state index contributed by atoms with van der Waals surface area (Å²) in [7, 11) is 0. The van der Waals surface area contributed by atoms with E-state index in [-0.39, 0.29) is 18.6 Å². The molecule has 0 spiro atoms. The highest BCUT2D eigenvalue weighted by atomic mass is 16.6. The molecule has 0 amide bonds. The third-order valence-corrected chi connectivity index (χ3v) is 2.95. The smallest absolute Gasteiger partial charge is 0.162 e. The summed E-state index contributed by atoms with van der Waals surface area (Å²) in [4.78, 5) is 0. The van der Waals surface area contributed by atoms with Gasteiger partial charge in [0.15, 0.2) is 6.29 Å². The maximum absolute atomic E-state index is 9.99. The minimum Gasteiger partial charge on any atom is -0.384 e. The SMILES string of the molecule is CCC[C@@H]1OC[C@@]2(O)CO[C@H](O)[C@@H]12. The van der Waals surface area contributed by atoms with Gasteiger partial charge < -0.3 is 19.7 Å². The van der Waals surface area contributed by atoms with Crippen molar-refractivity contribution in [2.45, 2.75) is 37.8 Å². The lowest BCUT2D eigenvalue weighted by Gasteiger charge is -2.21. The Labute approximate surface area is 77.5 Å². The molecule has 4 heteroatoms. The Morgan fingerprint density at radius 1 is 1.38 bits per heavy atom. The molecule has 2 heterocycles. The summed E-state index contributed by atoms with van der Waals surface area (Å²) >= 11 is 0. The maximum atomic E-state index is 9.99. The molecule has 76 valence electrons. The fourth-order valence-electron chi connectivity index (χ4n) is 2.26. The minimum atomic E-state index is -0.945. The Hall–Kier alpha value is -0.160. The molecule has 0 aliphatic carbocycles. The van der Waals surface area contributed by atoms with E-state index in [0.29, 0.717) is 6.61 Å². The summed E-state index contributed by atoms with van der Waals surface area (Å²) in [6.45, 7) is 2.54. The quantitative estimate of drug-likeness (QED) is 0.634. The zero-order valence-electron chi connectivity index (χ0n) is 7.77. The second kappa shape index (κ2) is 3.20. The molecular weight excluding hydrogens is 172 g/mol. The summed E-state index contributed by atoms with van der Waals surface area (Å²) in [5.41, 5.74) is -0.945. The first kappa shape index (κ1) is 9.40. The first-order valence-corrected chi connectivity index (χ1v) is 4.81. The highest BCUT2D eigenvalue weighted by molar-refractivity contribution is 5.01. The Kier molecular flexibility index (Phi) is 2.32. The largest absolute Gasteiger partial charge is 0.384 e. The molecule has 0 bridgehead atoms. The summed E-state index contributed by atoms with van der Waals surface area (Å²) in [5.74, 6) is -0.257. The highest BCUT2D eigenvalue weighted by Crippen LogP contribution is 2.41. The molecule has 2 aliphatic heterocycles. The lowest BCUT2D eigenvalue weighted by Crippen LogP contribution is -2.40. The van der Waals surface area contributed by atoms with Crippen molar-refractivity contribution in [1.82, 2.24) is 0 Å². The Balaban J connectivity index is 2.10. The van der Waals surface area contributed by atoms with Crippen LogP contribution in [-0.4, -0.2) is 41.4 Å². The van der Waals surface area contributed by atoms with E-state index in [1.165, 1.54) is 0 Å². The Morgan fingerprint density at radius 2 is 2.08 bits per heavy atom. The van der Waals surface area contributed by atoms with Gasteiger partial charge in [-0.15, -0.1) is 0 Å². The van der Waals surface area contributed by atoms with Crippen molar-refractivity contribution in [2.75, 3.05) is 13.2 Å². The number of hydrogen-bond donors (Lipinski definition) is 2. The maximum Gasteiger partial charge on any atom is 0.162 e. The van der Waals surface area contributed by atoms with Crippen molar-refractivity contribution < 1.29 is 19.7 Å². The van der Waals surface area contributed by atoms with Crippen molar-refractivity contribution in [3.05, 3.63) is 0 Å². The van der Waals surface area contributed by atoms with Gasteiger partial charge in [0.05, 0.1) is 25.2 Å². The van der Waals surface area contributed by atoms with Gasteiger partial charge in [-0.1, -0.05) is 13.3 Å². The number of ether oxygens (including phenoxy) is 2. The van der Waals surface area contributed by atoms with Gasteiger partial charge in [0.25, 0.3) is 0 Å². The summed E-state index contributed by atoms with van der Waals surface area (Å²) < 4.78 is 10.5. The van der Waals surface area contributed by atoms with Crippen LogP contribution in [-0.2, 0) is 9.47 Å². The van der Waals surface area contributed by atoms with Crippen LogP contribution >= 0.6 is 0 Å². The monoisotopic (exact) mass is 188 g/mol. The van der Waals surface area contributed by atoms with E-state index in [9.17, 15) is 10.2 Å². The zero-order chi connectivity index (χ0) is 9.47. The van der Waals surface area contributed by atoms with Crippen molar-refractivity contribution in [2.24, 2.45) is 5.92 Å². The Morgan fingerprint density at radius 3 is 2.77 bits per heavy atom. The van der Waals surface area contributed by atoms with Crippen LogP contribution in [0.2, 0.25) is 0 Å². The second-order valence-electron chi connectivity index (χ2n) is 3.97. The van der Waals surface area contributed by atoms with Crippen LogP contribution in [0.4, 0.5) is 0 Å². The van der Waals surface area contributed by atoms with Crippen LogP contribution in [0.15, 0.2) is 0 Å². The fourth-order valence-corrected chi connectivity index (χ4v) is 2.26. The van der Waals surface area contributed by atoms with E-state index < -0.39 is 11.9 Å². The summed E-state index contributed by atoms with van der Waals surface area (Å²) in [6.07, 6.45) is 0.953. The molecule has 0 aromatic heterocycles. The molecule has 2 N–H and O–H groups in total. The minimum absolute atomic E-state index is 0.0486. The van der Waals surface area contributed by atoms with E-state index in [1.54, 1.807) is 0 Å². The summed E-state index contributed by atoms with van der Waals surface area (Å²) in [6, 6.07) is 0. The molecular formula is C9H16O4. The number of hydrogen-bond acceptors (Lipinski definition) is 4. The standard InChI is InChI=1S/C9H16O4/c1-2-3-6-7-8(10)13-5-9(7,11)4-12-6/h6-8,10-11H,2-5H2,1H3/t6-,7+,8-,9+/m0/s1. The summed E-state index contributed by atoms with van der Waals surface area (Å²) in [5, 5.41) is 19.5. The molecule has 2 aliphatic rings. The average molecular weight is 188 g/mol. The number of fused-ring (bicyclic) bond motifs is 1. The molecule has 2 fully saturated rings. The van der Waals surface area contributed by atoms with Crippen molar-refractivity contribution >= 4 is 0 Å². The molecule has 0 radical (unpaired) electrons. The van der Waals surface area contributed by atoms with Gasteiger partial charge in [0.2, 0.25) is 0 Å². The van der Waals surface area contributed by atoms with Crippen molar-refractivity contribution in [3.8, 4) is 0 Å². The molecule has 0 aromatic rings. The van der Waals surface area contributed by atoms with Crippen LogP contribution in [0.25, 0.3) is 0 Å². The van der Waals surface area contributed by atoms with Crippen LogP contribution in [0.1, 0.15) is 19.8 Å². The average Bonchev–Trinajstić information content (AvgIpc) is 2.54. The van der Waals surface area contributed by atoms with Crippen LogP contribution in [0.5, 0.6) is 0 Å². The second-order valence-corrected chi connectivity index (χ2v) is 3.97. The molecule has 0 aromatic carbocycles. The van der Waals surface area contributed by atoms with Crippen LogP contribution in [0.3, 0.4) is 0 Å². The molecule has 2 saturated heterocycles. The highest BCUT2D eigenvalue weighted by Gasteiger charge is 2.56. The van der Waals surface area contributed by atoms with Crippen molar-refractivity contribution in [3.63, 3.8) is 0 Å². The molecule has 4 nitrogen and oxygen atoms in total. The predicted octanol–water partition coefficient (Wildman–Crippen LogP) is -0.119. The van der Waals surface area contributed by atoms with Gasteiger partial charge in [-0.2, -0.15) is 0 Å². The lowest BCUT2D eigenvalue weighted by molar-refractivity contribution is -0.109. The zero-order valence-corrected chi connectivity index (χ0v) is 7.77. The molecule has 0 saturated carbocycles. The van der Waals surface area contributed by atoms with Crippen molar-refractivity contribution in [1.29, 1.82) is 0 Å². The van der Waals surface area contributed by atoms with E-state index >= 15 is 0 Å². The number of aliphatic hydroxyl groups is 2.